The van der Waals surface area contributed by atoms with Crippen LogP contribution in [-0.2, 0) is 19.1 Å². The number of rotatable bonds is 9. The fraction of sp³-hybridized carbons (Fsp3) is 0.464. The van der Waals surface area contributed by atoms with E-state index in [0.717, 1.165) is 17.7 Å². The van der Waals surface area contributed by atoms with Crippen LogP contribution in [0.4, 0.5) is 5.69 Å². The maximum absolute atomic E-state index is 13.8. The van der Waals surface area contributed by atoms with Crippen molar-refractivity contribution < 1.29 is 19.1 Å². The van der Waals surface area contributed by atoms with E-state index in [2.05, 4.69) is 10.2 Å². The van der Waals surface area contributed by atoms with Gasteiger partial charge in [0.25, 0.3) is 5.91 Å². The van der Waals surface area contributed by atoms with E-state index in [4.69, 9.17) is 4.74 Å². The van der Waals surface area contributed by atoms with Gasteiger partial charge in [0.05, 0.1) is 19.2 Å². The van der Waals surface area contributed by atoms with Gasteiger partial charge in [-0.2, -0.15) is 0 Å². The molecule has 0 radical (unpaired) electrons. The predicted octanol–water partition coefficient (Wildman–Crippen LogP) is 2.61. The van der Waals surface area contributed by atoms with Gasteiger partial charge in [0.1, 0.15) is 12.1 Å². The van der Waals surface area contributed by atoms with E-state index < -0.39 is 5.54 Å². The van der Waals surface area contributed by atoms with Crippen molar-refractivity contribution in [3.8, 4) is 0 Å². The Balaban J connectivity index is 1.50. The molecule has 0 aromatic heterocycles. The molecule has 2 aliphatic rings. The molecule has 2 aromatic carbocycles. The smallest absolute Gasteiger partial charge is 0.250 e. The molecule has 2 fully saturated rings. The summed E-state index contributed by atoms with van der Waals surface area (Å²) in [7, 11) is 1.58. The summed E-state index contributed by atoms with van der Waals surface area (Å²) < 4.78 is 4.99. The third-order valence-electron chi connectivity index (χ3n) is 7.36. The number of anilines is 1. The van der Waals surface area contributed by atoms with Gasteiger partial charge in [-0.25, -0.2) is 0 Å². The lowest BCUT2D eigenvalue weighted by Crippen LogP contribution is -2.58. The predicted molar refractivity (Wildman–Crippen MR) is 138 cm³/mol. The summed E-state index contributed by atoms with van der Waals surface area (Å²) in [5, 5.41) is 2.80. The van der Waals surface area contributed by atoms with Crippen molar-refractivity contribution in [1.29, 1.82) is 0 Å². The first-order valence-corrected chi connectivity index (χ1v) is 12.7. The molecule has 1 spiro atoms. The van der Waals surface area contributed by atoms with Crippen LogP contribution in [0.25, 0.3) is 0 Å². The average molecular weight is 493 g/mol. The average Bonchev–Trinajstić information content (AvgIpc) is 3.17. The number of carbonyl (C=O) groups excluding carboxylic acids is 3. The largest absolute Gasteiger partial charge is 0.383 e. The number of para-hydroxylation sites is 1. The van der Waals surface area contributed by atoms with Crippen LogP contribution < -0.4 is 10.2 Å². The molecule has 36 heavy (non-hydrogen) atoms. The first-order chi connectivity index (χ1) is 17.5. The molecule has 8 heteroatoms. The Labute approximate surface area is 213 Å². The number of nitrogens with zero attached hydrogens (tertiary/aromatic N) is 3. The van der Waals surface area contributed by atoms with Crippen molar-refractivity contribution in [3.05, 3.63) is 66.2 Å². The summed E-state index contributed by atoms with van der Waals surface area (Å²) in [6.45, 7) is 4.22. The number of hydrogen-bond donors (Lipinski definition) is 1. The molecule has 1 atom stereocenters. The lowest BCUT2D eigenvalue weighted by Gasteiger charge is -2.44. The number of likely N-dealkylation sites (tertiary alicyclic amines) is 1. The summed E-state index contributed by atoms with van der Waals surface area (Å²) >= 11 is 0. The number of benzene rings is 2. The second-order valence-electron chi connectivity index (χ2n) is 9.48. The molecule has 192 valence electrons. The molecule has 0 aliphatic carbocycles. The molecule has 0 bridgehead atoms. The summed E-state index contributed by atoms with van der Waals surface area (Å²) in [6.07, 6.45) is 1.78. The Kier molecular flexibility index (Phi) is 8.25. The minimum absolute atomic E-state index is 0.00217. The normalized spacial score (nSPS) is 17.9. The van der Waals surface area contributed by atoms with Gasteiger partial charge in [-0.05, 0) is 37.0 Å². The lowest BCUT2D eigenvalue weighted by molar-refractivity contribution is -0.140. The van der Waals surface area contributed by atoms with Crippen molar-refractivity contribution in [2.45, 2.75) is 37.6 Å². The molecule has 0 saturated carbocycles. The first-order valence-electron chi connectivity index (χ1n) is 12.7. The van der Waals surface area contributed by atoms with Gasteiger partial charge in [0.2, 0.25) is 11.8 Å². The van der Waals surface area contributed by atoms with Gasteiger partial charge < -0.3 is 24.8 Å². The van der Waals surface area contributed by atoms with Crippen LogP contribution in [0.2, 0.25) is 0 Å². The number of nitrogens with one attached hydrogen (secondary N) is 1. The van der Waals surface area contributed by atoms with Gasteiger partial charge in [0.15, 0.2) is 0 Å². The number of carbonyl (C=O) groups is 3. The quantitative estimate of drug-likeness (QED) is 0.544. The second kappa shape index (κ2) is 11.6. The monoisotopic (exact) mass is 492 g/mol. The molecule has 4 rings (SSSR count). The van der Waals surface area contributed by atoms with Crippen LogP contribution in [0, 0.1) is 0 Å². The number of hydrogen-bond acceptors (Lipinski definition) is 5. The van der Waals surface area contributed by atoms with E-state index in [0.29, 0.717) is 45.8 Å². The highest BCUT2D eigenvalue weighted by atomic mass is 16.5. The Morgan fingerprint density at radius 2 is 1.67 bits per heavy atom. The topological polar surface area (TPSA) is 82.2 Å². The lowest BCUT2D eigenvalue weighted by atomic mass is 9.84. The number of piperidine rings is 1. The minimum atomic E-state index is -0.764. The SMILES string of the molecule is CC[C@H](C(=O)N1CCC2(CC1)C(=O)N(CC(=O)NCCOC)CN2c1ccccc1)c1ccccc1. The molecule has 2 aromatic rings. The molecular weight excluding hydrogens is 456 g/mol. The van der Waals surface area contributed by atoms with E-state index in [1.807, 2.05) is 72.5 Å². The Morgan fingerprint density at radius 3 is 2.28 bits per heavy atom. The highest BCUT2D eigenvalue weighted by Crippen LogP contribution is 2.40. The summed E-state index contributed by atoms with van der Waals surface area (Å²) in [5.74, 6) is -0.316. The number of amides is 3. The van der Waals surface area contributed by atoms with Crippen LogP contribution >= 0.6 is 0 Å². The molecule has 2 saturated heterocycles. The zero-order chi connectivity index (χ0) is 25.5. The van der Waals surface area contributed by atoms with Crippen LogP contribution in [0.5, 0.6) is 0 Å². The zero-order valence-corrected chi connectivity index (χ0v) is 21.2. The van der Waals surface area contributed by atoms with Crippen molar-refractivity contribution in [1.82, 2.24) is 15.1 Å². The van der Waals surface area contributed by atoms with Crippen molar-refractivity contribution in [3.63, 3.8) is 0 Å². The van der Waals surface area contributed by atoms with Crippen LogP contribution in [0.1, 0.15) is 37.7 Å². The van der Waals surface area contributed by atoms with Gasteiger partial charge in [0, 0.05) is 32.4 Å². The standard InChI is InChI=1S/C28H36N4O4/c1-3-24(22-10-6-4-7-11-22)26(34)30-17-14-28(15-18-30)27(35)31(20-25(33)29-16-19-36-2)21-32(28)23-12-8-5-9-13-23/h4-13,24H,3,14-21H2,1-2H3,(H,29,33)/t24-/m0/s1. The van der Waals surface area contributed by atoms with Gasteiger partial charge in [-0.3, -0.25) is 14.4 Å². The maximum atomic E-state index is 13.8. The zero-order valence-electron chi connectivity index (χ0n) is 21.2. The molecule has 3 amide bonds. The third-order valence-corrected chi connectivity index (χ3v) is 7.36. The third kappa shape index (κ3) is 5.23. The minimum Gasteiger partial charge on any atom is -0.383 e. The summed E-state index contributed by atoms with van der Waals surface area (Å²) in [6, 6.07) is 19.8. The fourth-order valence-electron chi connectivity index (χ4n) is 5.40. The number of methoxy groups -OCH3 is 1. The molecule has 0 unspecified atom stereocenters. The molecule has 2 heterocycles. The van der Waals surface area contributed by atoms with Crippen molar-refractivity contribution >= 4 is 23.4 Å². The van der Waals surface area contributed by atoms with Crippen molar-refractivity contribution in [2.75, 3.05) is 51.5 Å². The Hall–Kier alpha value is -3.39. The Bertz CT molecular complexity index is 1040. The highest BCUT2D eigenvalue weighted by Gasteiger charge is 2.54. The van der Waals surface area contributed by atoms with E-state index in [-0.39, 0.29) is 30.2 Å². The van der Waals surface area contributed by atoms with E-state index in [1.54, 1.807) is 12.0 Å². The fourth-order valence-corrected chi connectivity index (χ4v) is 5.40. The second-order valence-corrected chi connectivity index (χ2v) is 9.48. The molecule has 8 nitrogen and oxygen atoms in total. The van der Waals surface area contributed by atoms with E-state index in [9.17, 15) is 14.4 Å². The van der Waals surface area contributed by atoms with Gasteiger partial charge in [-0.1, -0.05) is 55.5 Å². The summed E-state index contributed by atoms with van der Waals surface area (Å²) in [5.41, 5.74) is 1.21. The van der Waals surface area contributed by atoms with Crippen LogP contribution in [-0.4, -0.2) is 79.6 Å². The molecule has 1 N–H and O–H groups in total. The van der Waals surface area contributed by atoms with E-state index in [1.165, 1.54) is 0 Å². The summed E-state index contributed by atoms with van der Waals surface area (Å²) in [4.78, 5) is 45.4. The number of ether oxygens (including phenoxy) is 1. The Morgan fingerprint density at radius 1 is 1.03 bits per heavy atom. The molecular formula is C28H36N4O4. The first kappa shape index (κ1) is 25.7. The van der Waals surface area contributed by atoms with Crippen LogP contribution in [0.15, 0.2) is 60.7 Å². The van der Waals surface area contributed by atoms with Gasteiger partial charge >= 0.3 is 0 Å². The van der Waals surface area contributed by atoms with Crippen LogP contribution in [0.3, 0.4) is 0 Å². The van der Waals surface area contributed by atoms with Crippen molar-refractivity contribution in [2.24, 2.45) is 0 Å². The molecule has 2 aliphatic heterocycles. The highest BCUT2D eigenvalue weighted by molar-refractivity contribution is 5.96. The van der Waals surface area contributed by atoms with E-state index >= 15 is 0 Å². The van der Waals surface area contributed by atoms with Gasteiger partial charge in [-0.15, -0.1) is 0 Å². The maximum Gasteiger partial charge on any atom is 0.250 e.